The summed E-state index contributed by atoms with van der Waals surface area (Å²) in [4.78, 5) is 15.3. The zero-order valence-corrected chi connectivity index (χ0v) is 16.5. The van der Waals surface area contributed by atoms with Gasteiger partial charge in [0.2, 0.25) is 5.91 Å². The minimum absolute atomic E-state index is 0.0323. The van der Waals surface area contributed by atoms with E-state index in [1.807, 2.05) is 32.9 Å². The van der Waals surface area contributed by atoms with Crippen LogP contribution < -0.4 is 16.0 Å². The molecule has 1 amide bonds. The minimum Gasteiger partial charge on any atom is -0.378 e. The highest BCUT2D eigenvalue weighted by molar-refractivity contribution is 6.00. The van der Waals surface area contributed by atoms with E-state index in [0.29, 0.717) is 13.0 Å². The fraction of sp³-hybridized carbons (Fsp3) is 0.667. The van der Waals surface area contributed by atoms with Crippen molar-refractivity contribution in [1.82, 2.24) is 0 Å². The number of nitrogens with one attached hydrogen (secondary N) is 1. The number of benzene rings is 1. The maximum Gasteiger partial charge on any atom is 0.245 e. The van der Waals surface area contributed by atoms with Crippen LogP contribution in [0.1, 0.15) is 47.0 Å². The molecule has 1 heterocycles. The summed E-state index contributed by atoms with van der Waals surface area (Å²) in [5.41, 5.74) is 7.18. The Hall–Kier alpha value is -1.59. The van der Waals surface area contributed by atoms with Crippen molar-refractivity contribution in [3.63, 3.8) is 0 Å². The number of hydrogen-bond acceptors (Lipinski definition) is 4. The number of rotatable bonds is 5. The molecule has 0 radical (unpaired) electrons. The number of nitrogens with two attached hydrogens (primary N) is 1. The summed E-state index contributed by atoms with van der Waals surface area (Å²) >= 11 is 0. The van der Waals surface area contributed by atoms with Crippen molar-refractivity contribution in [2.45, 2.75) is 58.6 Å². The molecule has 1 aliphatic carbocycles. The van der Waals surface area contributed by atoms with Crippen molar-refractivity contribution in [3.8, 4) is 0 Å². The van der Waals surface area contributed by atoms with Crippen molar-refractivity contribution >= 4 is 17.3 Å². The highest BCUT2D eigenvalue weighted by Crippen LogP contribution is 2.50. The lowest BCUT2D eigenvalue weighted by Gasteiger charge is -2.57. The summed E-state index contributed by atoms with van der Waals surface area (Å²) in [5, 5.41) is 3.04. The highest BCUT2D eigenvalue weighted by atomic mass is 16.5. The molecule has 3 N–H and O–H groups in total. The van der Waals surface area contributed by atoms with Crippen molar-refractivity contribution in [3.05, 3.63) is 24.3 Å². The van der Waals surface area contributed by atoms with Crippen molar-refractivity contribution in [2.75, 3.05) is 29.9 Å². The Balaban J connectivity index is 1.68. The minimum atomic E-state index is -0.899. The van der Waals surface area contributed by atoms with E-state index in [4.69, 9.17) is 10.5 Å². The van der Waals surface area contributed by atoms with E-state index in [1.54, 1.807) is 0 Å². The molecule has 0 bridgehead atoms. The molecule has 1 saturated heterocycles. The van der Waals surface area contributed by atoms with Gasteiger partial charge in [-0.05, 0) is 43.9 Å². The van der Waals surface area contributed by atoms with Gasteiger partial charge in [-0.2, -0.15) is 0 Å². The van der Waals surface area contributed by atoms with Crippen molar-refractivity contribution in [2.24, 2.45) is 17.1 Å². The molecule has 0 aromatic heterocycles. The lowest BCUT2D eigenvalue weighted by atomic mass is 9.54. The molecule has 0 spiro atoms. The SMILES string of the molecule is CCOC1CC(N)(C(=O)Nc2cccc(N3CCC(C)CC3)c2)C1(C)C. The monoisotopic (exact) mass is 359 g/mol. The van der Waals surface area contributed by atoms with Crippen LogP contribution in [0.4, 0.5) is 11.4 Å². The molecular weight excluding hydrogens is 326 g/mol. The van der Waals surface area contributed by atoms with Crippen LogP contribution >= 0.6 is 0 Å². The third-order valence-corrected chi connectivity index (χ3v) is 6.49. The highest BCUT2D eigenvalue weighted by Gasteiger charge is 2.62. The standard InChI is InChI=1S/C21H33N3O2/c1-5-26-18-14-21(22,20(18,3)4)19(25)23-16-7-6-8-17(13-16)24-11-9-15(2)10-12-24/h6-8,13,15,18H,5,9-12,14,22H2,1-4H3,(H,23,25). The summed E-state index contributed by atoms with van der Waals surface area (Å²) in [7, 11) is 0. The number of carbonyl (C=O) groups is 1. The molecular formula is C21H33N3O2. The zero-order chi connectivity index (χ0) is 18.9. The predicted octanol–water partition coefficient (Wildman–Crippen LogP) is 3.39. The normalized spacial score (nSPS) is 28.5. The van der Waals surface area contributed by atoms with E-state index in [9.17, 15) is 4.79 Å². The first-order chi connectivity index (χ1) is 12.3. The molecule has 2 aliphatic rings. The lowest BCUT2D eigenvalue weighted by Crippen LogP contribution is -2.74. The second-order valence-corrected chi connectivity index (χ2v) is 8.52. The van der Waals surface area contributed by atoms with Gasteiger partial charge in [0.1, 0.15) is 5.54 Å². The molecule has 2 fully saturated rings. The second-order valence-electron chi connectivity index (χ2n) is 8.52. The smallest absolute Gasteiger partial charge is 0.245 e. The molecule has 26 heavy (non-hydrogen) atoms. The summed E-state index contributed by atoms with van der Waals surface area (Å²) in [6.07, 6.45) is 3.03. The fourth-order valence-electron chi connectivity index (χ4n) is 4.11. The third-order valence-electron chi connectivity index (χ3n) is 6.49. The summed E-state index contributed by atoms with van der Waals surface area (Å²) in [6, 6.07) is 8.11. The quantitative estimate of drug-likeness (QED) is 0.845. The summed E-state index contributed by atoms with van der Waals surface area (Å²) in [6.45, 7) is 11.1. The number of anilines is 2. The molecule has 3 rings (SSSR count). The molecule has 5 nitrogen and oxygen atoms in total. The van der Waals surface area contributed by atoms with Crippen LogP contribution in [-0.4, -0.2) is 37.2 Å². The summed E-state index contributed by atoms with van der Waals surface area (Å²) in [5.74, 6) is 0.674. The van der Waals surface area contributed by atoms with Gasteiger partial charge in [0.25, 0.3) is 0 Å². The average molecular weight is 360 g/mol. The van der Waals surface area contributed by atoms with Crippen LogP contribution in [0.25, 0.3) is 0 Å². The van der Waals surface area contributed by atoms with Crippen molar-refractivity contribution < 1.29 is 9.53 Å². The predicted molar refractivity (Wildman–Crippen MR) is 106 cm³/mol. The van der Waals surface area contributed by atoms with Gasteiger partial charge >= 0.3 is 0 Å². The van der Waals surface area contributed by atoms with Crippen LogP contribution in [0.15, 0.2) is 24.3 Å². The van der Waals surface area contributed by atoms with Crippen LogP contribution in [-0.2, 0) is 9.53 Å². The number of ether oxygens (including phenoxy) is 1. The van der Waals surface area contributed by atoms with Crippen LogP contribution in [0, 0.1) is 11.3 Å². The van der Waals surface area contributed by atoms with Crippen molar-refractivity contribution in [1.29, 1.82) is 0 Å². The molecule has 2 atom stereocenters. The number of carbonyl (C=O) groups excluding carboxylic acids is 1. The lowest BCUT2D eigenvalue weighted by molar-refractivity contribution is -0.166. The first-order valence-corrected chi connectivity index (χ1v) is 9.85. The maximum atomic E-state index is 12.9. The van der Waals surface area contributed by atoms with Gasteiger partial charge in [0.15, 0.2) is 0 Å². The Bertz CT molecular complexity index is 652. The van der Waals surface area contributed by atoms with Crippen LogP contribution in [0.2, 0.25) is 0 Å². The number of nitrogens with zero attached hydrogens (tertiary/aromatic N) is 1. The topological polar surface area (TPSA) is 67.6 Å². The van der Waals surface area contributed by atoms with Gasteiger partial charge in [-0.15, -0.1) is 0 Å². The molecule has 144 valence electrons. The molecule has 1 saturated carbocycles. The zero-order valence-electron chi connectivity index (χ0n) is 16.5. The third kappa shape index (κ3) is 3.35. The molecule has 1 aromatic rings. The van der Waals surface area contributed by atoms with E-state index in [2.05, 4.69) is 29.3 Å². The number of amides is 1. The molecule has 5 heteroatoms. The Morgan fingerprint density at radius 1 is 1.35 bits per heavy atom. The van der Waals surface area contributed by atoms with E-state index in [-0.39, 0.29) is 17.4 Å². The Morgan fingerprint density at radius 2 is 2.04 bits per heavy atom. The van der Waals surface area contributed by atoms with Gasteiger partial charge in [-0.3, -0.25) is 4.79 Å². The molecule has 2 unspecified atom stereocenters. The van der Waals surface area contributed by atoms with E-state index >= 15 is 0 Å². The second kappa shape index (κ2) is 7.20. The van der Waals surface area contributed by atoms with Gasteiger partial charge in [0.05, 0.1) is 6.10 Å². The van der Waals surface area contributed by atoms with E-state index in [1.165, 1.54) is 18.5 Å². The van der Waals surface area contributed by atoms with Gasteiger partial charge in [-0.25, -0.2) is 0 Å². The summed E-state index contributed by atoms with van der Waals surface area (Å²) < 4.78 is 5.73. The first kappa shape index (κ1) is 19.2. The number of hydrogen-bond donors (Lipinski definition) is 2. The van der Waals surface area contributed by atoms with Crippen LogP contribution in [0.3, 0.4) is 0 Å². The van der Waals surface area contributed by atoms with Gasteiger partial charge < -0.3 is 20.7 Å². The van der Waals surface area contributed by atoms with E-state index < -0.39 is 5.54 Å². The average Bonchev–Trinajstić information content (AvgIpc) is 2.62. The molecule has 1 aliphatic heterocycles. The molecule has 1 aromatic carbocycles. The maximum absolute atomic E-state index is 12.9. The Labute approximate surface area is 157 Å². The van der Waals surface area contributed by atoms with Gasteiger partial charge in [-0.1, -0.05) is 26.8 Å². The number of piperidine rings is 1. The fourth-order valence-corrected chi connectivity index (χ4v) is 4.11. The largest absolute Gasteiger partial charge is 0.378 e. The van der Waals surface area contributed by atoms with E-state index in [0.717, 1.165) is 24.7 Å². The Morgan fingerprint density at radius 3 is 2.65 bits per heavy atom. The first-order valence-electron chi connectivity index (χ1n) is 9.85. The van der Waals surface area contributed by atoms with Crippen LogP contribution in [0.5, 0.6) is 0 Å². The Kier molecular flexibility index (Phi) is 5.31. The van der Waals surface area contributed by atoms with Gasteiger partial charge in [0, 0.05) is 42.9 Å².